The standard InChI is InChI=1S/C12H7ClN2O2S/c13-9-5-4-8(18-9)11-14-10(12(16)17)7-3-1-2-6-15(7)11/h1-6H,(H,16,17). The molecule has 18 heavy (non-hydrogen) atoms. The molecule has 0 saturated carbocycles. The lowest BCUT2D eigenvalue weighted by Gasteiger charge is -1.96. The van der Waals surface area contributed by atoms with Crippen LogP contribution in [0.25, 0.3) is 16.2 Å². The molecule has 0 aliphatic rings. The molecule has 6 heteroatoms. The zero-order chi connectivity index (χ0) is 12.7. The van der Waals surface area contributed by atoms with E-state index in [1.165, 1.54) is 11.3 Å². The largest absolute Gasteiger partial charge is 0.476 e. The van der Waals surface area contributed by atoms with Gasteiger partial charge in [0.15, 0.2) is 11.5 Å². The summed E-state index contributed by atoms with van der Waals surface area (Å²) in [5.41, 5.74) is 0.625. The molecular formula is C12H7ClN2O2S. The highest BCUT2D eigenvalue weighted by Gasteiger charge is 2.18. The number of fused-ring (bicyclic) bond motifs is 1. The molecule has 0 fully saturated rings. The number of rotatable bonds is 2. The normalized spacial score (nSPS) is 10.9. The molecule has 0 atom stereocenters. The van der Waals surface area contributed by atoms with Gasteiger partial charge in [0.2, 0.25) is 0 Å². The van der Waals surface area contributed by atoms with Gasteiger partial charge < -0.3 is 5.11 Å². The summed E-state index contributed by atoms with van der Waals surface area (Å²) >= 11 is 7.27. The number of halogens is 1. The van der Waals surface area contributed by atoms with Crippen molar-refractivity contribution in [2.24, 2.45) is 0 Å². The van der Waals surface area contributed by atoms with Crippen LogP contribution in [0.2, 0.25) is 4.34 Å². The molecule has 1 N–H and O–H groups in total. The van der Waals surface area contributed by atoms with E-state index in [0.29, 0.717) is 15.7 Å². The molecule has 0 unspecified atom stereocenters. The topological polar surface area (TPSA) is 54.6 Å². The van der Waals surface area contributed by atoms with Gasteiger partial charge in [-0.1, -0.05) is 17.7 Å². The van der Waals surface area contributed by atoms with Crippen molar-refractivity contribution in [1.82, 2.24) is 9.38 Å². The molecule has 90 valence electrons. The number of pyridine rings is 1. The lowest BCUT2D eigenvalue weighted by atomic mass is 10.3. The summed E-state index contributed by atoms with van der Waals surface area (Å²) in [6.45, 7) is 0. The van der Waals surface area contributed by atoms with Gasteiger partial charge in [0.1, 0.15) is 0 Å². The number of hydrogen-bond donors (Lipinski definition) is 1. The number of hydrogen-bond acceptors (Lipinski definition) is 3. The van der Waals surface area contributed by atoms with Gasteiger partial charge in [-0.25, -0.2) is 9.78 Å². The number of thiophene rings is 1. The summed E-state index contributed by atoms with van der Waals surface area (Å²) in [6.07, 6.45) is 1.79. The quantitative estimate of drug-likeness (QED) is 0.781. The molecule has 0 aliphatic heterocycles. The van der Waals surface area contributed by atoms with Crippen molar-refractivity contribution >= 4 is 34.4 Å². The number of aromatic carboxylic acids is 1. The zero-order valence-corrected chi connectivity index (χ0v) is 10.6. The van der Waals surface area contributed by atoms with Crippen molar-refractivity contribution in [2.45, 2.75) is 0 Å². The molecule has 0 aromatic carbocycles. The van der Waals surface area contributed by atoms with E-state index in [1.54, 1.807) is 28.8 Å². The first-order chi connectivity index (χ1) is 8.66. The van der Waals surface area contributed by atoms with Crippen LogP contribution in [-0.4, -0.2) is 20.5 Å². The van der Waals surface area contributed by atoms with Gasteiger partial charge in [0, 0.05) is 6.20 Å². The summed E-state index contributed by atoms with van der Waals surface area (Å²) in [6, 6.07) is 8.95. The highest BCUT2D eigenvalue weighted by Crippen LogP contribution is 2.31. The minimum absolute atomic E-state index is 0.0510. The molecule has 3 aromatic heterocycles. The minimum Gasteiger partial charge on any atom is -0.476 e. The number of carbonyl (C=O) groups is 1. The Labute approximate surface area is 111 Å². The average molecular weight is 279 g/mol. The Morgan fingerprint density at radius 2 is 2.17 bits per heavy atom. The maximum atomic E-state index is 11.2. The number of aromatic nitrogens is 2. The summed E-state index contributed by atoms with van der Waals surface area (Å²) in [7, 11) is 0. The van der Waals surface area contributed by atoms with Gasteiger partial charge in [-0.3, -0.25) is 4.40 Å². The first-order valence-electron chi connectivity index (χ1n) is 5.13. The van der Waals surface area contributed by atoms with Crippen molar-refractivity contribution in [3.8, 4) is 10.7 Å². The molecule has 4 nitrogen and oxygen atoms in total. The van der Waals surface area contributed by atoms with Crippen molar-refractivity contribution < 1.29 is 9.90 Å². The third-order valence-corrected chi connectivity index (χ3v) is 3.77. The number of carboxylic acid groups (broad SMARTS) is 1. The molecule has 0 saturated heterocycles. The van der Waals surface area contributed by atoms with Crippen molar-refractivity contribution in [1.29, 1.82) is 0 Å². The molecule has 0 amide bonds. The van der Waals surface area contributed by atoms with E-state index < -0.39 is 5.97 Å². The van der Waals surface area contributed by atoms with Crippen LogP contribution in [0, 0.1) is 0 Å². The van der Waals surface area contributed by atoms with Crippen molar-refractivity contribution in [2.75, 3.05) is 0 Å². The van der Waals surface area contributed by atoms with Crippen LogP contribution < -0.4 is 0 Å². The lowest BCUT2D eigenvalue weighted by Crippen LogP contribution is -1.96. The van der Waals surface area contributed by atoms with Gasteiger partial charge in [0.25, 0.3) is 0 Å². The lowest BCUT2D eigenvalue weighted by molar-refractivity contribution is 0.0693. The van der Waals surface area contributed by atoms with E-state index in [9.17, 15) is 4.79 Å². The van der Waals surface area contributed by atoms with Crippen LogP contribution in [0.5, 0.6) is 0 Å². The Hall–Kier alpha value is -1.85. The van der Waals surface area contributed by atoms with Crippen LogP contribution in [-0.2, 0) is 0 Å². The van der Waals surface area contributed by atoms with Crippen LogP contribution in [0.4, 0.5) is 0 Å². The van der Waals surface area contributed by atoms with Crippen molar-refractivity contribution in [3.63, 3.8) is 0 Å². The summed E-state index contributed by atoms with van der Waals surface area (Å²) < 4.78 is 2.40. The fourth-order valence-electron chi connectivity index (χ4n) is 1.80. The Morgan fingerprint density at radius 3 is 2.83 bits per heavy atom. The third-order valence-electron chi connectivity index (χ3n) is 2.54. The van der Waals surface area contributed by atoms with Gasteiger partial charge in [-0.2, -0.15) is 0 Å². The van der Waals surface area contributed by atoms with Gasteiger partial charge in [0.05, 0.1) is 14.7 Å². The SMILES string of the molecule is O=C(O)c1nc(-c2ccc(Cl)s2)n2ccccc12. The number of imidazole rings is 1. The summed E-state index contributed by atoms with van der Waals surface area (Å²) in [5.74, 6) is -0.437. The maximum absolute atomic E-state index is 11.2. The Bertz CT molecular complexity index is 747. The second-order valence-electron chi connectivity index (χ2n) is 3.65. The van der Waals surface area contributed by atoms with Crippen LogP contribution in [0.3, 0.4) is 0 Å². The molecule has 0 bridgehead atoms. The molecular weight excluding hydrogens is 272 g/mol. The van der Waals surface area contributed by atoms with E-state index in [4.69, 9.17) is 16.7 Å². The Kier molecular flexibility index (Phi) is 2.57. The van der Waals surface area contributed by atoms with Gasteiger partial charge >= 0.3 is 5.97 Å². The second kappa shape index (κ2) is 4.12. The fraction of sp³-hybridized carbons (Fsp3) is 0. The molecule has 3 rings (SSSR count). The molecule has 3 aromatic rings. The first-order valence-corrected chi connectivity index (χ1v) is 6.32. The molecule has 0 aliphatic carbocycles. The maximum Gasteiger partial charge on any atom is 0.356 e. The Balaban J connectivity index is 2.33. The zero-order valence-electron chi connectivity index (χ0n) is 9.00. The van der Waals surface area contributed by atoms with Crippen LogP contribution >= 0.6 is 22.9 Å². The van der Waals surface area contributed by atoms with Crippen LogP contribution in [0.15, 0.2) is 36.5 Å². The van der Waals surface area contributed by atoms with E-state index in [2.05, 4.69) is 4.98 Å². The van der Waals surface area contributed by atoms with Gasteiger partial charge in [-0.15, -0.1) is 11.3 Å². The minimum atomic E-state index is -1.03. The molecule has 3 heterocycles. The highest BCUT2D eigenvalue weighted by molar-refractivity contribution is 7.19. The smallest absolute Gasteiger partial charge is 0.356 e. The predicted octanol–water partition coefficient (Wildman–Crippen LogP) is 3.41. The summed E-state index contributed by atoms with van der Waals surface area (Å²) in [5, 5.41) is 9.15. The highest BCUT2D eigenvalue weighted by atomic mass is 35.5. The van der Waals surface area contributed by atoms with E-state index in [1.807, 2.05) is 12.1 Å². The monoisotopic (exact) mass is 278 g/mol. The van der Waals surface area contributed by atoms with Crippen molar-refractivity contribution in [3.05, 3.63) is 46.6 Å². The number of nitrogens with zero attached hydrogens (tertiary/aromatic N) is 2. The van der Waals surface area contributed by atoms with Crippen LogP contribution in [0.1, 0.15) is 10.5 Å². The molecule has 0 radical (unpaired) electrons. The summed E-state index contributed by atoms with van der Waals surface area (Å²) in [4.78, 5) is 16.2. The Morgan fingerprint density at radius 1 is 1.33 bits per heavy atom. The third kappa shape index (κ3) is 1.68. The van der Waals surface area contributed by atoms with E-state index in [-0.39, 0.29) is 5.69 Å². The predicted molar refractivity (Wildman–Crippen MR) is 70.5 cm³/mol. The van der Waals surface area contributed by atoms with E-state index >= 15 is 0 Å². The molecule has 0 spiro atoms. The van der Waals surface area contributed by atoms with Gasteiger partial charge in [-0.05, 0) is 24.3 Å². The number of carboxylic acids is 1. The first kappa shape index (κ1) is 11.3. The fourth-order valence-corrected chi connectivity index (χ4v) is 2.83. The van der Waals surface area contributed by atoms with E-state index in [0.717, 1.165) is 4.88 Å². The average Bonchev–Trinajstić information content (AvgIpc) is 2.92. The second-order valence-corrected chi connectivity index (χ2v) is 5.36.